The third-order valence-electron chi connectivity index (χ3n) is 6.31. The van der Waals surface area contributed by atoms with Crippen molar-refractivity contribution in [2.75, 3.05) is 6.61 Å². The molecule has 1 heterocycles. The van der Waals surface area contributed by atoms with Crippen LogP contribution in [0.2, 0.25) is 10.0 Å². The van der Waals surface area contributed by atoms with Crippen LogP contribution in [0.25, 0.3) is 0 Å². The largest absolute Gasteiger partial charge is 0.353 e. The smallest absolute Gasteiger partial charge is 0.256 e. The van der Waals surface area contributed by atoms with Gasteiger partial charge >= 0.3 is 0 Å². The van der Waals surface area contributed by atoms with Crippen LogP contribution in [0.4, 0.5) is 0 Å². The monoisotopic (exact) mass is 460 g/mol. The molecule has 31 heavy (non-hydrogen) atoms. The molecule has 7 heteroatoms. The zero-order valence-electron chi connectivity index (χ0n) is 17.4. The average Bonchev–Trinajstić information content (AvgIpc) is 3.15. The van der Waals surface area contributed by atoms with E-state index in [0.717, 1.165) is 18.4 Å². The van der Waals surface area contributed by atoms with Crippen LogP contribution in [0.15, 0.2) is 48.5 Å². The first-order valence-corrected chi connectivity index (χ1v) is 11.4. The second-order valence-electron chi connectivity index (χ2n) is 8.46. The zero-order valence-corrected chi connectivity index (χ0v) is 19.0. The van der Waals surface area contributed by atoms with Crippen molar-refractivity contribution in [2.24, 2.45) is 5.92 Å². The van der Waals surface area contributed by atoms with Crippen LogP contribution in [0.5, 0.6) is 0 Å². The number of nitrogens with one attached hydrogen (secondary N) is 1. The van der Waals surface area contributed by atoms with Crippen molar-refractivity contribution in [1.82, 2.24) is 10.2 Å². The molecule has 164 valence electrons. The van der Waals surface area contributed by atoms with Crippen LogP contribution in [-0.2, 0) is 16.1 Å². The van der Waals surface area contributed by atoms with Gasteiger partial charge in [-0.25, -0.2) is 0 Å². The van der Waals surface area contributed by atoms with E-state index < -0.39 is 11.8 Å². The fourth-order valence-electron chi connectivity index (χ4n) is 4.45. The van der Waals surface area contributed by atoms with E-state index in [9.17, 15) is 9.59 Å². The molecule has 0 aromatic heterocycles. The topological polar surface area (TPSA) is 58.6 Å². The van der Waals surface area contributed by atoms with Gasteiger partial charge in [0.15, 0.2) is 0 Å². The average molecular weight is 461 g/mol. The number of hydrogen-bond donors (Lipinski definition) is 1. The van der Waals surface area contributed by atoms with Gasteiger partial charge in [0, 0.05) is 12.1 Å². The lowest BCUT2D eigenvalue weighted by Gasteiger charge is -2.43. The van der Waals surface area contributed by atoms with E-state index in [2.05, 4.69) is 12.2 Å². The molecule has 4 rings (SSSR count). The molecule has 1 saturated heterocycles. The van der Waals surface area contributed by atoms with Crippen molar-refractivity contribution >= 4 is 35.0 Å². The third-order valence-corrected chi connectivity index (χ3v) is 7.05. The summed E-state index contributed by atoms with van der Waals surface area (Å²) in [5, 5.41) is 3.66. The number of nitrogens with zero attached hydrogens (tertiary/aromatic N) is 1. The molecule has 5 nitrogen and oxygen atoms in total. The molecule has 0 bridgehead atoms. The highest BCUT2D eigenvalue weighted by Gasteiger charge is 2.53. The van der Waals surface area contributed by atoms with Crippen LogP contribution in [0, 0.1) is 5.92 Å². The highest BCUT2D eigenvalue weighted by molar-refractivity contribution is 6.42. The second-order valence-corrected chi connectivity index (χ2v) is 9.28. The number of halogens is 2. The molecule has 2 fully saturated rings. The van der Waals surface area contributed by atoms with Crippen LogP contribution < -0.4 is 5.32 Å². The summed E-state index contributed by atoms with van der Waals surface area (Å²) in [7, 11) is 0. The first-order valence-electron chi connectivity index (χ1n) is 10.6. The van der Waals surface area contributed by atoms with Gasteiger partial charge < -0.3 is 10.1 Å². The summed E-state index contributed by atoms with van der Waals surface area (Å²) in [4.78, 5) is 28.4. The van der Waals surface area contributed by atoms with E-state index in [1.807, 2.05) is 30.3 Å². The first-order chi connectivity index (χ1) is 14.9. The molecule has 1 aliphatic carbocycles. The first kappa shape index (κ1) is 22.1. The van der Waals surface area contributed by atoms with Crippen molar-refractivity contribution in [3.05, 3.63) is 69.7 Å². The highest BCUT2D eigenvalue weighted by Crippen LogP contribution is 2.43. The van der Waals surface area contributed by atoms with Gasteiger partial charge in [-0.1, -0.05) is 60.5 Å². The van der Waals surface area contributed by atoms with E-state index in [1.54, 1.807) is 23.1 Å². The maximum absolute atomic E-state index is 13.6. The lowest BCUT2D eigenvalue weighted by Crippen LogP contribution is -2.56. The quantitative estimate of drug-likeness (QED) is 0.693. The fraction of sp³-hybridized carbons (Fsp3) is 0.417. The standard InChI is InChI=1S/C24H26Cl2N2O3/c1-16-9-11-24(12-10-16)28(23(30)18-7-8-19(25)20(26)13-18)21(15-31-24)22(29)27-14-17-5-3-2-4-6-17/h2-8,13,16,21H,9-12,14-15H2,1H3,(H,27,29). The molecule has 1 spiro atoms. The summed E-state index contributed by atoms with van der Waals surface area (Å²) in [6.07, 6.45) is 3.32. The van der Waals surface area contributed by atoms with E-state index in [0.29, 0.717) is 40.9 Å². The van der Waals surface area contributed by atoms with Gasteiger partial charge in [0.2, 0.25) is 5.91 Å². The summed E-state index contributed by atoms with van der Waals surface area (Å²) in [6.45, 7) is 2.79. The number of rotatable bonds is 4. The molecule has 2 aromatic rings. The molecule has 1 N–H and O–H groups in total. The highest BCUT2D eigenvalue weighted by atomic mass is 35.5. The minimum atomic E-state index is -0.759. The van der Waals surface area contributed by atoms with Crippen molar-refractivity contribution in [1.29, 1.82) is 0 Å². The second kappa shape index (κ2) is 9.19. The molecule has 1 saturated carbocycles. The summed E-state index contributed by atoms with van der Waals surface area (Å²) in [5.74, 6) is 0.0975. The molecule has 1 unspecified atom stereocenters. The number of hydrogen-bond acceptors (Lipinski definition) is 3. The predicted octanol–water partition coefficient (Wildman–Crippen LogP) is 5.06. The summed E-state index contributed by atoms with van der Waals surface area (Å²) in [6, 6.07) is 13.8. The molecule has 1 atom stereocenters. The van der Waals surface area contributed by atoms with Gasteiger partial charge in [-0.15, -0.1) is 0 Å². The van der Waals surface area contributed by atoms with Crippen LogP contribution >= 0.6 is 23.2 Å². The van der Waals surface area contributed by atoms with Crippen LogP contribution in [0.1, 0.15) is 48.5 Å². The van der Waals surface area contributed by atoms with Crippen LogP contribution in [0.3, 0.4) is 0 Å². The predicted molar refractivity (Wildman–Crippen MR) is 121 cm³/mol. The molecule has 2 amide bonds. The number of benzene rings is 2. The SMILES string of the molecule is CC1CCC2(CC1)OCC(C(=O)NCc1ccccc1)N2C(=O)c1ccc(Cl)c(Cl)c1. The zero-order chi connectivity index (χ0) is 22.0. The molecule has 2 aliphatic rings. The normalized spacial score (nSPS) is 25.6. The number of carbonyl (C=O) groups is 2. The Bertz CT molecular complexity index is 959. The third kappa shape index (κ3) is 4.59. The summed E-state index contributed by atoms with van der Waals surface area (Å²) in [5.41, 5.74) is 0.641. The van der Waals surface area contributed by atoms with E-state index in [1.165, 1.54) is 0 Å². The molecular formula is C24H26Cl2N2O3. The maximum atomic E-state index is 13.6. The number of carbonyl (C=O) groups excluding carboxylic acids is 2. The Balaban J connectivity index is 1.60. The maximum Gasteiger partial charge on any atom is 0.256 e. The van der Waals surface area contributed by atoms with Gasteiger partial charge in [0.25, 0.3) is 5.91 Å². The summed E-state index contributed by atoms with van der Waals surface area (Å²) >= 11 is 12.2. The lowest BCUT2D eigenvalue weighted by atomic mass is 9.83. The Labute approximate surface area is 192 Å². The van der Waals surface area contributed by atoms with E-state index >= 15 is 0 Å². The van der Waals surface area contributed by atoms with Gasteiger partial charge in [-0.05, 0) is 55.4 Å². The number of amides is 2. The van der Waals surface area contributed by atoms with Crippen molar-refractivity contribution < 1.29 is 14.3 Å². The molecule has 0 radical (unpaired) electrons. The van der Waals surface area contributed by atoms with E-state index in [4.69, 9.17) is 27.9 Å². The van der Waals surface area contributed by atoms with Gasteiger partial charge in [0.05, 0.1) is 16.7 Å². The Morgan fingerprint density at radius 1 is 1.10 bits per heavy atom. The van der Waals surface area contributed by atoms with Crippen LogP contribution in [-0.4, -0.2) is 35.1 Å². The Kier molecular flexibility index (Phi) is 6.56. The van der Waals surface area contributed by atoms with Gasteiger partial charge in [-0.3, -0.25) is 14.5 Å². The van der Waals surface area contributed by atoms with Crippen molar-refractivity contribution in [3.63, 3.8) is 0 Å². The van der Waals surface area contributed by atoms with E-state index in [-0.39, 0.29) is 18.4 Å². The fourth-order valence-corrected chi connectivity index (χ4v) is 4.75. The minimum Gasteiger partial charge on any atom is -0.353 e. The van der Waals surface area contributed by atoms with Crippen molar-refractivity contribution in [3.8, 4) is 0 Å². The minimum absolute atomic E-state index is 0.183. The molecule has 2 aromatic carbocycles. The molecular weight excluding hydrogens is 435 g/mol. The molecule has 1 aliphatic heterocycles. The summed E-state index contributed by atoms with van der Waals surface area (Å²) < 4.78 is 6.21. The Morgan fingerprint density at radius 2 is 1.81 bits per heavy atom. The Hall–Kier alpha value is -2.08. The number of ether oxygens (including phenoxy) is 1. The lowest BCUT2D eigenvalue weighted by molar-refractivity contribution is -0.128. The van der Waals surface area contributed by atoms with Gasteiger partial charge in [-0.2, -0.15) is 0 Å². The van der Waals surface area contributed by atoms with Crippen molar-refractivity contribution in [2.45, 2.75) is 50.9 Å². The Morgan fingerprint density at radius 3 is 2.48 bits per heavy atom. The van der Waals surface area contributed by atoms with Gasteiger partial charge in [0.1, 0.15) is 11.8 Å².